The van der Waals surface area contributed by atoms with Crippen LogP contribution in [0.4, 0.5) is 8.78 Å². The summed E-state index contributed by atoms with van der Waals surface area (Å²) in [4.78, 5) is 0. The molecule has 16 heavy (non-hydrogen) atoms. The summed E-state index contributed by atoms with van der Waals surface area (Å²) in [7, 11) is 0. The van der Waals surface area contributed by atoms with Crippen molar-refractivity contribution in [1.82, 2.24) is 5.43 Å². The molecule has 3 N–H and O–H groups in total. The summed E-state index contributed by atoms with van der Waals surface area (Å²) in [6.07, 6.45) is 4.38. The van der Waals surface area contributed by atoms with Gasteiger partial charge in [-0.2, -0.15) is 0 Å². The second kappa shape index (κ2) is 4.89. The first-order chi connectivity index (χ1) is 7.70. The number of nitrogens with two attached hydrogens (primary N) is 1. The Morgan fingerprint density at radius 3 is 2.69 bits per heavy atom. The number of rotatable bonds is 5. The maximum Gasteiger partial charge on any atom is 0.130 e. The summed E-state index contributed by atoms with van der Waals surface area (Å²) >= 11 is 0. The van der Waals surface area contributed by atoms with Crippen molar-refractivity contribution >= 4 is 0 Å². The molecule has 1 aliphatic rings. The van der Waals surface area contributed by atoms with Crippen molar-refractivity contribution in [1.29, 1.82) is 0 Å². The Balaban J connectivity index is 2.05. The highest BCUT2D eigenvalue weighted by Crippen LogP contribution is 2.36. The van der Waals surface area contributed by atoms with Crippen molar-refractivity contribution in [3.8, 4) is 0 Å². The third kappa shape index (κ3) is 2.77. The van der Waals surface area contributed by atoms with E-state index in [0.29, 0.717) is 5.56 Å². The fourth-order valence-corrected chi connectivity index (χ4v) is 1.92. The number of hydrogen-bond acceptors (Lipinski definition) is 2. The predicted molar refractivity (Wildman–Crippen MR) is 58.4 cm³/mol. The van der Waals surface area contributed by atoms with E-state index in [0.717, 1.165) is 24.8 Å². The number of nitrogens with one attached hydrogen (secondary N) is 1. The quantitative estimate of drug-likeness (QED) is 0.598. The number of benzene rings is 1. The fourth-order valence-electron chi connectivity index (χ4n) is 1.92. The molecule has 1 saturated carbocycles. The molecule has 1 aromatic carbocycles. The Hall–Kier alpha value is -1.00. The van der Waals surface area contributed by atoms with E-state index in [1.165, 1.54) is 25.0 Å². The normalized spacial score (nSPS) is 17.4. The van der Waals surface area contributed by atoms with E-state index in [2.05, 4.69) is 5.43 Å². The van der Waals surface area contributed by atoms with Gasteiger partial charge in [0, 0.05) is 17.7 Å². The maximum atomic E-state index is 13.5. The zero-order valence-electron chi connectivity index (χ0n) is 9.05. The molecule has 0 aromatic heterocycles. The number of hydrazine groups is 1. The first-order valence-corrected chi connectivity index (χ1v) is 5.62. The van der Waals surface area contributed by atoms with Crippen LogP contribution in [0, 0.1) is 17.6 Å². The molecule has 2 nitrogen and oxygen atoms in total. The fraction of sp³-hybridized carbons (Fsp3) is 0.500. The summed E-state index contributed by atoms with van der Waals surface area (Å²) in [6.45, 7) is 0. The highest BCUT2D eigenvalue weighted by atomic mass is 19.1. The number of halogens is 2. The minimum absolute atomic E-state index is 0.221. The van der Waals surface area contributed by atoms with Crippen LogP contribution in [0.15, 0.2) is 18.2 Å². The smallest absolute Gasteiger partial charge is 0.130 e. The summed E-state index contributed by atoms with van der Waals surface area (Å²) in [5, 5.41) is 0. The molecule has 0 bridgehead atoms. The van der Waals surface area contributed by atoms with Crippen LogP contribution in [0.3, 0.4) is 0 Å². The summed E-state index contributed by atoms with van der Waals surface area (Å²) in [5.41, 5.74) is 3.05. The van der Waals surface area contributed by atoms with Gasteiger partial charge in [0.1, 0.15) is 11.6 Å². The third-order valence-electron chi connectivity index (χ3n) is 3.10. The van der Waals surface area contributed by atoms with Crippen LogP contribution in [0.5, 0.6) is 0 Å². The molecule has 0 spiro atoms. The average molecular weight is 226 g/mol. The van der Waals surface area contributed by atoms with Gasteiger partial charge >= 0.3 is 0 Å². The molecule has 0 radical (unpaired) electrons. The Kier molecular flexibility index (Phi) is 3.51. The Bertz CT molecular complexity index is 364. The van der Waals surface area contributed by atoms with E-state index in [1.807, 2.05) is 0 Å². The maximum absolute atomic E-state index is 13.5. The van der Waals surface area contributed by atoms with Gasteiger partial charge in [-0.1, -0.05) is 18.9 Å². The molecule has 2 rings (SSSR count). The van der Waals surface area contributed by atoms with Gasteiger partial charge in [-0.3, -0.25) is 11.3 Å². The summed E-state index contributed by atoms with van der Waals surface area (Å²) < 4.78 is 26.2. The van der Waals surface area contributed by atoms with Crippen LogP contribution in [0.25, 0.3) is 0 Å². The predicted octanol–water partition coefficient (Wildman–Crippen LogP) is 2.66. The Morgan fingerprint density at radius 2 is 2.12 bits per heavy atom. The Labute approximate surface area is 93.8 Å². The molecule has 1 fully saturated rings. The highest BCUT2D eigenvalue weighted by Gasteiger charge is 2.23. The summed E-state index contributed by atoms with van der Waals surface area (Å²) in [6, 6.07) is 3.40. The first kappa shape index (κ1) is 11.5. The summed E-state index contributed by atoms with van der Waals surface area (Å²) in [5.74, 6) is 5.10. The van der Waals surface area contributed by atoms with Gasteiger partial charge in [-0.15, -0.1) is 0 Å². The molecule has 1 aromatic rings. The second-order valence-electron chi connectivity index (χ2n) is 4.41. The standard InChI is InChI=1S/C12H16F2N2/c13-9-4-5-10(11(14)7-9)12(16-15)6-3-8-1-2-8/h4-5,7-8,12,16H,1-3,6,15H2. The average Bonchev–Trinajstić information content (AvgIpc) is 3.05. The first-order valence-electron chi connectivity index (χ1n) is 5.62. The third-order valence-corrected chi connectivity index (χ3v) is 3.10. The van der Waals surface area contributed by atoms with E-state index >= 15 is 0 Å². The Morgan fingerprint density at radius 1 is 1.38 bits per heavy atom. The molecule has 0 heterocycles. The van der Waals surface area contributed by atoms with Crippen molar-refractivity contribution in [3.63, 3.8) is 0 Å². The minimum atomic E-state index is -0.556. The van der Waals surface area contributed by atoms with Gasteiger partial charge in [0.05, 0.1) is 0 Å². The van der Waals surface area contributed by atoms with Crippen molar-refractivity contribution < 1.29 is 8.78 Å². The van der Waals surface area contributed by atoms with Crippen molar-refractivity contribution in [2.45, 2.75) is 31.7 Å². The molecule has 1 aliphatic carbocycles. The van der Waals surface area contributed by atoms with Crippen LogP contribution in [0.2, 0.25) is 0 Å². The lowest BCUT2D eigenvalue weighted by Crippen LogP contribution is -2.28. The topological polar surface area (TPSA) is 38.0 Å². The van der Waals surface area contributed by atoms with Gasteiger partial charge < -0.3 is 0 Å². The van der Waals surface area contributed by atoms with Crippen LogP contribution in [-0.2, 0) is 0 Å². The zero-order valence-corrected chi connectivity index (χ0v) is 9.05. The molecule has 0 amide bonds. The largest absolute Gasteiger partial charge is 0.271 e. The van der Waals surface area contributed by atoms with Crippen LogP contribution >= 0.6 is 0 Å². The molecule has 0 aliphatic heterocycles. The van der Waals surface area contributed by atoms with Crippen LogP contribution in [0.1, 0.15) is 37.3 Å². The van der Waals surface area contributed by atoms with Crippen molar-refractivity contribution in [2.24, 2.45) is 11.8 Å². The highest BCUT2D eigenvalue weighted by molar-refractivity contribution is 5.22. The van der Waals surface area contributed by atoms with E-state index in [-0.39, 0.29) is 6.04 Å². The van der Waals surface area contributed by atoms with Crippen molar-refractivity contribution in [3.05, 3.63) is 35.4 Å². The lowest BCUT2D eigenvalue weighted by Gasteiger charge is -2.16. The van der Waals surface area contributed by atoms with E-state index in [1.54, 1.807) is 0 Å². The molecule has 4 heteroatoms. The SMILES string of the molecule is NNC(CCC1CC1)c1ccc(F)cc1F. The minimum Gasteiger partial charge on any atom is -0.271 e. The van der Waals surface area contributed by atoms with E-state index in [9.17, 15) is 8.78 Å². The van der Waals surface area contributed by atoms with E-state index < -0.39 is 11.6 Å². The molecule has 1 atom stereocenters. The van der Waals surface area contributed by atoms with E-state index in [4.69, 9.17) is 5.84 Å². The van der Waals surface area contributed by atoms with Gasteiger partial charge in [-0.25, -0.2) is 8.78 Å². The molecule has 1 unspecified atom stereocenters. The zero-order chi connectivity index (χ0) is 11.5. The lowest BCUT2D eigenvalue weighted by molar-refractivity contribution is 0.457. The lowest BCUT2D eigenvalue weighted by atomic mass is 10.0. The van der Waals surface area contributed by atoms with Gasteiger partial charge in [-0.05, 0) is 24.8 Å². The monoisotopic (exact) mass is 226 g/mol. The molecular weight excluding hydrogens is 210 g/mol. The molecular formula is C12H16F2N2. The number of hydrogen-bond donors (Lipinski definition) is 2. The van der Waals surface area contributed by atoms with Crippen LogP contribution < -0.4 is 11.3 Å². The van der Waals surface area contributed by atoms with Gasteiger partial charge in [0.15, 0.2) is 0 Å². The molecule has 88 valence electrons. The van der Waals surface area contributed by atoms with Gasteiger partial charge in [0.2, 0.25) is 0 Å². The van der Waals surface area contributed by atoms with Gasteiger partial charge in [0.25, 0.3) is 0 Å². The van der Waals surface area contributed by atoms with Crippen LogP contribution in [-0.4, -0.2) is 0 Å². The van der Waals surface area contributed by atoms with Crippen molar-refractivity contribution in [2.75, 3.05) is 0 Å². The molecule has 0 saturated heterocycles. The second-order valence-corrected chi connectivity index (χ2v) is 4.41.